The summed E-state index contributed by atoms with van der Waals surface area (Å²) < 4.78 is 7.43. The highest BCUT2D eigenvalue weighted by molar-refractivity contribution is 6.02. The largest absolute Gasteiger partial charge is 0.492 e. The number of para-hydroxylation sites is 2. The number of allylic oxidation sites excluding steroid dienone is 2. The molecule has 2 atom stereocenters. The van der Waals surface area contributed by atoms with Crippen molar-refractivity contribution in [2.75, 3.05) is 11.5 Å². The first-order valence-corrected chi connectivity index (χ1v) is 23.9. The van der Waals surface area contributed by atoms with E-state index in [0.717, 1.165) is 44.9 Å². The van der Waals surface area contributed by atoms with Gasteiger partial charge in [-0.05, 0) is 120 Å². The first-order valence-electron chi connectivity index (χ1n) is 23.9. The minimum atomic E-state index is -0.110. The molecule has 0 amide bonds. The van der Waals surface area contributed by atoms with Gasteiger partial charge in [-0.25, -0.2) is 0 Å². The molecule has 0 saturated heterocycles. The van der Waals surface area contributed by atoms with Crippen molar-refractivity contribution in [3.63, 3.8) is 0 Å². The van der Waals surface area contributed by atoms with Crippen molar-refractivity contribution < 1.29 is 4.74 Å². The van der Waals surface area contributed by atoms with E-state index in [1.807, 2.05) is 0 Å². The molecule has 0 fully saturated rings. The van der Waals surface area contributed by atoms with Crippen LogP contribution in [0, 0.1) is 5.41 Å². The highest BCUT2D eigenvalue weighted by Gasteiger charge is 2.37. The molecule has 0 spiro atoms. The summed E-state index contributed by atoms with van der Waals surface area (Å²) >= 11 is 0. The van der Waals surface area contributed by atoms with Gasteiger partial charge in [0.25, 0.3) is 0 Å². The van der Waals surface area contributed by atoms with E-state index in [0.29, 0.717) is 6.61 Å². The summed E-state index contributed by atoms with van der Waals surface area (Å²) in [7, 11) is 0. The number of rotatable bonds is 5. The molecule has 0 aromatic heterocycles. The van der Waals surface area contributed by atoms with Crippen molar-refractivity contribution in [3.8, 4) is 50.3 Å². The first kappa shape index (κ1) is 42.2. The summed E-state index contributed by atoms with van der Waals surface area (Å²) in [6.07, 6.45) is 2.58. The first-order chi connectivity index (χ1) is 32.5. The maximum atomic E-state index is 7.43. The van der Waals surface area contributed by atoms with E-state index in [2.05, 4.69) is 259 Å². The summed E-state index contributed by atoms with van der Waals surface area (Å²) in [6, 6.07) is 76.0. The number of hydrogen-bond donors (Lipinski definition) is 0. The number of hydrogen-bond acceptors (Lipinski definition) is 2. The van der Waals surface area contributed by atoms with Crippen LogP contribution in [0.25, 0.3) is 60.9 Å². The molecule has 2 heteroatoms. The van der Waals surface area contributed by atoms with Crippen LogP contribution in [0.1, 0.15) is 75.6 Å². The zero-order chi connectivity index (χ0) is 45.9. The molecule has 1 aliphatic carbocycles. The van der Waals surface area contributed by atoms with Gasteiger partial charge in [0, 0.05) is 39.7 Å². The van der Waals surface area contributed by atoms with E-state index in [9.17, 15) is 0 Å². The van der Waals surface area contributed by atoms with E-state index in [4.69, 9.17) is 4.74 Å². The lowest BCUT2D eigenvalue weighted by Gasteiger charge is -2.38. The molecular weight excluding hydrogens is 811 g/mol. The Hall–Kier alpha value is -7.42. The summed E-state index contributed by atoms with van der Waals surface area (Å²) in [6.45, 7) is 14.6. The van der Waals surface area contributed by atoms with Crippen LogP contribution in [0.15, 0.2) is 212 Å². The van der Waals surface area contributed by atoms with Crippen LogP contribution in [0.4, 0.5) is 17.1 Å². The van der Waals surface area contributed by atoms with Crippen molar-refractivity contribution in [2.24, 2.45) is 5.41 Å². The van der Waals surface area contributed by atoms with Crippen LogP contribution in [0.3, 0.4) is 0 Å². The Labute approximate surface area is 396 Å². The molecule has 67 heavy (non-hydrogen) atoms. The van der Waals surface area contributed by atoms with Crippen molar-refractivity contribution in [2.45, 2.75) is 58.8 Å². The third-order valence-electron chi connectivity index (χ3n) is 14.1. The van der Waals surface area contributed by atoms with E-state index in [1.54, 1.807) is 0 Å². The van der Waals surface area contributed by atoms with Gasteiger partial charge in [-0.1, -0.05) is 211 Å². The molecule has 0 radical (unpaired) electrons. The van der Waals surface area contributed by atoms with Crippen molar-refractivity contribution >= 4 is 33.4 Å². The van der Waals surface area contributed by atoms with Crippen LogP contribution in [-0.2, 0) is 5.41 Å². The van der Waals surface area contributed by atoms with Crippen molar-refractivity contribution in [1.29, 1.82) is 0 Å². The molecule has 0 saturated carbocycles. The third-order valence-corrected chi connectivity index (χ3v) is 14.1. The Morgan fingerprint density at radius 3 is 1.78 bits per heavy atom. The van der Waals surface area contributed by atoms with Gasteiger partial charge in [0.2, 0.25) is 0 Å². The van der Waals surface area contributed by atoms with Gasteiger partial charge in [0.1, 0.15) is 5.75 Å². The predicted molar refractivity (Wildman–Crippen MR) is 284 cm³/mol. The fourth-order valence-corrected chi connectivity index (χ4v) is 10.9. The summed E-state index contributed by atoms with van der Waals surface area (Å²) in [4.78, 5) is 2.41. The summed E-state index contributed by atoms with van der Waals surface area (Å²) in [5.74, 6) is 1.12. The molecule has 9 aromatic carbocycles. The number of fused-ring (bicyclic) bond motifs is 11. The number of benzene rings is 9. The van der Waals surface area contributed by atoms with E-state index in [-0.39, 0.29) is 22.7 Å². The lowest BCUT2D eigenvalue weighted by Crippen LogP contribution is -2.26. The Bertz CT molecular complexity index is 3330. The smallest absolute Gasteiger partial charge is 0.135 e. The molecule has 328 valence electrons. The molecule has 2 aliphatic rings. The monoisotopic (exact) mass is 867 g/mol. The molecule has 9 aromatic rings. The normalized spacial score (nSPS) is 15.5. The SMILES string of the molecule is CC(C)(C)C1=CC2c3ccccc3-c3cc(-c4ccccc4N(c4ccccc4)c4cccc(-c5ccccc5)c4)ccc3-c3cc(C(C)(C)C)c4ccccc4c3OCC2c2ccccc21. The van der Waals surface area contributed by atoms with Gasteiger partial charge >= 0.3 is 0 Å². The van der Waals surface area contributed by atoms with Gasteiger partial charge in [-0.2, -0.15) is 0 Å². The standard InChI is InChI=1S/C65H57NO/c1-64(2,3)60-40-57-50-30-14-13-29-49(50)56-39-45(48-28-19-20-35-62(48)66(46-25-11-8-12-26-46)47-27-21-24-44(38-47)43-22-9-7-10-23-43)36-37-52(56)58-41-61(65(4,5)6)54-33-17-18-34-55(54)63(58)67-42-59(57)51-31-15-16-32-53(51)60/h7-41,57,59H,42H2,1-6H3. The zero-order valence-corrected chi connectivity index (χ0v) is 39.4. The Morgan fingerprint density at radius 1 is 0.418 bits per heavy atom. The second kappa shape index (κ2) is 16.8. The topological polar surface area (TPSA) is 12.5 Å². The van der Waals surface area contributed by atoms with Crippen molar-refractivity contribution in [1.82, 2.24) is 0 Å². The molecule has 0 N–H and O–H groups in total. The van der Waals surface area contributed by atoms with Gasteiger partial charge in [-0.15, -0.1) is 0 Å². The van der Waals surface area contributed by atoms with Crippen LogP contribution in [0.5, 0.6) is 5.75 Å². The second-order valence-electron chi connectivity index (χ2n) is 20.4. The molecule has 0 bridgehead atoms. The molecule has 2 nitrogen and oxygen atoms in total. The van der Waals surface area contributed by atoms with Gasteiger partial charge < -0.3 is 9.64 Å². The van der Waals surface area contributed by atoms with Gasteiger partial charge in [-0.3, -0.25) is 0 Å². The number of nitrogens with zero attached hydrogens (tertiary/aromatic N) is 1. The third kappa shape index (κ3) is 7.65. The summed E-state index contributed by atoms with van der Waals surface area (Å²) in [5.41, 5.74) is 19.3. The highest BCUT2D eigenvalue weighted by atomic mass is 16.5. The lowest BCUT2D eigenvalue weighted by molar-refractivity contribution is 0.281. The van der Waals surface area contributed by atoms with E-state index in [1.165, 1.54) is 61.0 Å². The molecular formula is C65H57NO. The maximum Gasteiger partial charge on any atom is 0.135 e. The zero-order valence-electron chi connectivity index (χ0n) is 39.4. The Balaban J connectivity index is 1.18. The van der Waals surface area contributed by atoms with Crippen LogP contribution in [-0.4, -0.2) is 6.61 Å². The lowest BCUT2D eigenvalue weighted by atomic mass is 9.67. The summed E-state index contributed by atoms with van der Waals surface area (Å²) in [5, 5.41) is 2.40. The number of anilines is 3. The second-order valence-corrected chi connectivity index (χ2v) is 20.4. The number of ether oxygens (including phenoxy) is 1. The van der Waals surface area contributed by atoms with Gasteiger partial charge in [0.15, 0.2) is 0 Å². The molecule has 1 aliphatic heterocycles. The maximum absolute atomic E-state index is 7.43. The van der Waals surface area contributed by atoms with Crippen molar-refractivity contribution in [3.05, 3.63) is 235 Å². The minimum absolute atomic E-state index is 0.0572. The highest BCUT2D eigenvalue weighted by Crippen LogP contribution is 2.54. The Kier molecular flexibility index (Phi) is 10.6. The fraction of sp³-hybridized carbons (Fsp3) is 0.169. The van der Waals surface area contributed by atoms with E-state index >= 15 is 0 Å². The van der Waals surface area contributed by atoms with Crippen LogP contribution >= 0.6 is 0 Å². The van der Waals surface area contributed by atoms with Crippen LogP contribution in [0.2, 0.25) is 0 Å². The molecule has 2 unspecified atom stereocenters. The fourth-order valence-electron chi connectivity index (χ4n) is 10.9. The quantitative estimate of drug-likeness (QED) is 0.171. The minimum Gasteiger partial charge on any atom is -0.492 e. The van der Waals surface area contributed by atoms with E-state index < -0.39 is 0 Å². The Morgan fingerprint density at radius 2 is 1.03 bits per heavy atom. The molecule has 11 rings (SSSR count). The van der Waals surface area contributed by atoms with Gasteiger partial charge in [0.05, 0.1) is 12.3 Å². The molecule has 1 heterocycles. The predicted octanol–water partition coefficient (Wildman–Crippen LogP) is 18.0. The van der Waals surface area contributed by atoms with Crippen LogP contribution < -0.4 is 9.64 Å². The average Bonchev–Trinajstić information content (AvgIpc) is 3.35. The average molecular weight is 868 g/mol.